The van der Waals surface area contributed by atoms with Gasteiger partial charge in [0.05, 0.1) is 16.8 Å². The molecule has 4 aromatic rings. The van der Waals surface area contributed by atoms with Crippen molar-refractivity contribution in [3.05, 3.63) is 95.0 Å². The lowest BCUT2D eigenvalue weighted by Gasteiger charge is -2.37. The lowest BCUT2D eigenvalue weighted by molar-refractivity contribution is 0.0748. The Balaban J connectivity index is 1.43. The van der Waals surface area contributed by atoms with Crippen molar-refractivity contribution in [1.29, 1.82) is 0 Å². The minimum atomic E-state index is 0.0586. The molecule has 5 rings (SSSR count). The van der Waals surface area contributed by atoms with Gasteiger partial charge in [-0.25, -0.2) is 4.98 Å². The summed E-state index contributed by atoms with van der Waals surface area (Å²) in [6, 6.07) is 25.8. The fraction of sp³-hybridized carbons (Fsp3) is 0.185. The molecule has 0 N–H and O–H groups in total. The predicted octanol–water partition coefficient (Wildman–Crippen LogP) is 5.83. The summed E-state index contributed by atoms with van der Waals surface area (Å²) in [7, 11) is 0. The van der Waals surface area contributed by atoms with E-state index in [9.17, 15) is 4.79 Å². The topological polar surface area (TPSA) is 36.4 Å². The quantitative estimate of drug-likeness (QED) is 0.401. The molecule has 1 aliphatic rings. The summed E-state index contributed by atoms with van der Waals surface area (Å²) in [4.78, 5) is 22.7. The van der Waals surface area contributed by atoms with Gasteiger partial charge in [0.1, 0.15) is 0 Å². The van der Waals surface area contributed by atoms with Gasteiger partial charge in [0.15, 0.2) is 0 Å². The molecule has 0 atom stereocenters. The molecule has 0 bridgehead atoms. The minimum absolute atomic E-state index is 0.0586. The van der Waals surface area contributed by atoms with Gasteiger partial charge in [-0.3, -0.25) is 4.79 Å². The molecule has 4 nitrogen and oxygen atoms in total. The second-order valence-electron chi connectivity index (χ2n) is 8.15. The highest BCUT2D eigenvalue weighted by Gasteiger charge is 2.25. The third-order valence-corrected chi connectivity index (χ3v) is 6.33. The number of aryl methyl sites for hydroxylation is 1. The van der Waals surface area contributed by atoms with Crippen LogP contribution in [-0.2, 0) is 0 Å². The monoisotopic (exact) mass is 441 g/mol. The molecule has 32 heavy (non-hydrogen) atoms. The van der Waals surface area contributed by atoms with E-state index in [2.05, 4.69) is 11.8 Å². The normalized spacial score (nSPS) is 14.1. The number of amides is 1. The number of fused-ring (bicyclic) bond motifs is 1. The molecule has 1 saturated heterocycles. The van der Waals surface area contributed by atoms with Crippen molar-refractivity contribution in [2.75, 3.05) is 31.1 Å². The standard InChI is InChI=1S/C27H24ClN3O/c1-19-11-12-21(28)17-26(19)30-13-15-31(16-14-30)27(32)23-18-25(20-7-3-2-4-8-20)29-24-10-6-5-9-22(23)24/h2-12,17-18H,13-16H2,1H3. The van der Waals surface area contributed by atoms with Crippen LogP contribution in [0.15, 0.2) is 78.9 Å². The number of anilines is 1. The molecule has 0 saturated carbocycles. The van der Waals surface area contributed by atoms with Crippen molar-refractivity contribution in [3.63, 3.8) is 0 Å². The van der Waals surface area contributed by atoms with E-state index in [1.54, 1.807) is 0 Å². The van der Waals surface area contributed by atoms with E-state index < -0.39 is 0 Å². The molecular weight excluding hydrogens is 418 g/mol. The van der Waals surface area contributed by atoms with Crippen LogP contribution in [0, 0.1) is 6.92 Å². The predicted molar refractivity (Wildman–Crippen MR) is 131 cm³/mol. The lowest BCUT2D eigenvalue weighted by Crippen LogP contribution is -2.49. The van der Waals surface area contributed by atoms with Gasteiger partial charge < -0.3 is 9.80 Å². The Morgan fingerprint density at radius 1 is 0.875 bits per heavy atom. The number of halogens is 1. The number of para-hydroxylation sites is 1. The zero-order chi connectivity index (χ0) is 22.1. The van der Waals surface area contributed by atoms with Crippen molar-refractivity contribution in [1.82, 2.24) is 9.88 Å². The number of aromatic nitrogens is 1. The fourth-order valence-corrected chi connectivity index (χ4v) is 4.52. The third kappa shape index (κ3) is 3.94. The molecule has 3 aromatic carbocycles. The zero-order valence-electron chi connectivity index (χ0n) is 18.0. The smallest absolute Gasteiger partial charge is 0.254 e. The van der Waals surface area contributed by atoms with E-state index >= 15 is 0 Å². The molecule has 1 aliphatic heterocycles. The van der Waals surface area contributed by atoms with E-state index in [1.165, 1.54) is 5.56 Å². The first-order chi connectivity index (χ1) is 15.6. The van der Waals surface area contributed by atoms with Gasteiger partial charge in [0.25, 0.3) is 5.91 Å². The average molecular weight is 442 g/mol. The van der Waals surface area contributed by atoms with Crippen LogP contribution in [0.2, 0.25) is 5.02 Å². The number of rotatable bonds is 3. The van der Waals surface area contributed by atoms with Crippen LogP contribution < -0.4 is 4.90 Å². The van der Waals surface area contributed by atoms with E-state index in [4.69, 9.17) is 16.6 Å². The second-order valence-corrected chi connectivity index (χ2v) is 8.58. The third-order valence-electron chi connectivity index (χ3n) is 6.09. The number of carbonyl (C=O) groups is 1. The number of piperazine rings is 1. The van der Waals surface area contributed by atoms with E-state index in [1.807, 2.05) is 83.8 Å². The van der Waals surface area contributed by atoms with Gasteiger partial charge in [-0.1, -0.05) is 66.2 Å². The first-order valence-corrected chi connectivity index (χ1v) is 11.2. The van der Waals surface area contributed by atoms with Gasteiger partial charge in [0, 0.05) is 47.8 Å². The summed E-state index contributed by atoms with van der Waals surface area (Å²) in [5.74, 6) is 0.0586. The Bertz CT molecular complexity index is 1280. The highest BCUT2D eigenvalue weighted by Crippen LogP contribution is 2.28. The van der Waals surface area contributed by atoms with Crippen molar-refractivity contribution in [2.45, 2.75) is 6.92 Å². The maximum atomic E-state index is 13.6. The molecule has 1 fully saturated rings. The molecule has 160 valence electrons. The Morgan fingerprint density at radius 2 is 1.59 bits per heavy atom. The van der Waals surface area contributed by atoms with Crippen molar-refractivity contribution < 1.29 is 4.79 Å². The summed E-state index contributed by atoms with van der Waals surface area (Å²) < 4.78 is 0. The fourth-order valence-electron chi connectivity index (χ4n) is 4.35. The number of benzene rings is 3. The number of hydrogen-bond donors (Lipinski definition) is 0. The molecule has 1 aromatic heterocycles. The largest absolute Gasteiger partial charge is 0.368 e. The van der Waals surface area contributed by atoms with Crippen molar-refractivity contribution >= 4 is 34.1 Å². The molecule has 1 amide bonds. The van der Waals surface area contributed by atoms with Gasteiger partial charge >= 0.3 is 0 Å². The van der Waals surface area contributed by atoms with E-state index in [-0.39, 0.29) is 5.91 Å². The number of nitrogens with zero attached hydrogens (tertiary/aromatic N) is 3. The van der Waals surface area contributed by atoms with Gasteiger partial charge in [-0.15, -0.1) is 0 Å². The molecule has 2 heterocycles. The Hall–Kier alpha value is -3.37. The summed E-state index contributed by atoms with van der Waals surface area (Å²) in [5.41, 5.74) is 5.72. The van der Waals surface area contributed by atoms with Gasteiger partial charge in [-0.05, 0) is 36.8 Å². The first kappa shape index (κ1) is 20.5. The highest BCUT2D eigenvalue weighted by molar-refractivity contribution is 6.30. The number of carbonyl (C=O) groups excluding carboxylic acids is 1. The Morgan fingerprint density at radius 3 is 2.38 bits per heavy atom. The van der Waals surface area contributed by atoms with E-state index in [0.717, 1.165) is 46.0 Å². The molecule has 0 aliphatic carbocycles. The summed E-state index contributed by atoms with van der Waals surface area (Å²) >= 11 is 6.22. The lowest BCUT2D eigenvalue weighted by atomic mass is 10.0. The average Bonchev–Trinajstić information content (AvgIpc) is 2.85. The molecule has 0 spiro atoms. The first-order valence-electron chi connectivity index (χ1n) is 10.9. The number of hydrogen-bond acceptors (Lipinski definition) is 3. The van der Waals surface area contributed by atoms with E-state index in [0.29, 0.717) is 18.7 Å². The SMILES string of the molecule is Cc1ccc(Cl)cc1N1CCN(C(=O)c2cc(-c3ccccc3)nc3ccccc23)CC1. The Kier molecular flexibility index (Phi) is 5.54. The Labute approximate surface area is 193 Å². The highest BCUT2D eigenvalue weighted by atomic mass is 35.5. The van der Waals surface area contributed by atoms with Crippen LogP contribution in [0.5, 0.6) is 0 Å². The van der Waals surface area contributed by atoms with Gasteiger partial charge in [-0.2, -0.15) is 0 Å². The number of pyridine rings is 1. The zero-order valence-corrected chi connectivity index (χ0v) is 18.7. The van der Waals surface area contributed by atoms with Crippen LogP contribution in [0.4, 0.5) is 5.69 Å². The molecular formula is C27H24ClN3O. The minimum Gasteiger partial charge on any atom is -0.368 e. The molecule has 0 unspecified atom stereocenters. The summed E-state index contributed by atoms with van der Waals surface area (Å²) in [5, 5.41) is 1.63. The molecule has 5 heteroatoms. The maximum Gasteiger partial charge on any atom is 0.254 e. The van der Waals surface area contributed by atoms with Crippen LogP contribution >= 0.6 is 11.6 Å². The summed E-state index contributed by atoms with van der Waals surface area (Å²) in [6.45, 7) is 4.99. The van der Waals surface area contributed by atoms with Gasteiger partial charge in [0.2, 0.25) is 0 Å². The molecule has 0 radical (unpaired) electrons. The second kappa shape index (κ2) is 8.64. The van der Waals surface area contributed by atoms with Crippen molar-refractivity contribution in [3.8, 4) is 11.3 Å². The summed E-state index contributed by atoms with van der Waals surface area (Å²) in [6.07, 6.45) is 0. The van der Waals surface area contributed by atoms with Crippen LogP contribution in [0.3, 0.4) is 0 Å². The van der Waals surface area contributed by atoms with Crippen LogP contribution in [-0.4, -0.2) is 42.0 Å². The van der Waals surface area contributed by atoms with Crippen LogP contribution in [0.1, 0.15) is 15.9 Å². The van der Waals surface area contributed by atoms with Crippen molar-refractivity contribution in [2.24, 2.45) is 0 Å². The maximum absolute atomic E-state index is 13.6. The van der Waals surface area contributed by atoms with Crippen LogP contribution in [0.25, 0.3) is 22.2 Å².